The molecule has 1 fully saturated rings. The highest BCUT2D eigenvalue weighted by molar-refractivity contribution is 6.01. The number of carbonyl (C=O) groups excluding carboxylic acids is 2. The van der Waals surface area contributed by atoms with Crippen LogP contribution in [-0.2, 0) is 4.79 Å². The molecule has 1 saturated heterocycles. The van der Waals surface area contributed by atoms with Crippen molar-refractivity contribution < 1.29 is 22.8 Å². The lowest BCUT2D eigenvalue weighted by Crippen LogP contribution is -2.38. The van der Waals surface area contributed by atoms with Gasteiger partial charge in [-0.2, -0.15) is 0 Å². The molecule has 0 unspecified atom stereocenters. The minimum Gasteiger partial charge on any atom is -0.337 e. The third-order valence-corrected chi connectivity index (χ3v) is 6.63. The molecule has 0 bridgehead atoms. The molecule has 2 amide bonds. The van der Waals surface area contributed by atoms with Crippen LogP contribution in [0.2, 0.25) is 0 Å². The Hall–Kier alpha value is -4.73. The summed E-state index contributed by atoms with van der Waals surface area (Å²) < 4.78 is 41.6. The topological polar surface area (TPSA) is 80.1 Å². The maximum Gasteiger partial charge on any atom is 0.272 e. The number of amides is 2. The number of likely N-dealkylation sites (tertiary alicyclic amines) is 1. The lowest BCUT2D eigenvalue weighted by atomic mass is 9.89. The van der Waals surface area contributed by atoms with Crippen molar-refractivity contribution in [2.24, 2.45) is 0 Å². The lowest BCUT2D eigenvalue weighted by molar-refractivity contribution is -0.111. The normalized spacial score (nSPS) is 14.1. The van der Waals surface area contributed by atoms with Crippen LogP contribution in [0.5, 0.6) is 0 Å². The number of halogens is 3. The van der Waals surface area contributed by atoms with E-state index in [1.165, 1.54) is 6.08 Å². The molecule has 39 heavy (non-hydrogen) atoms. The number of benzene rings is 2. The van der Waals surface area contributed by atoms with E-state index in [0.717, 1.165) is 42.3 Å². The Kier molecular flexibility index (Phi) is 7.53. The molecule has 0 atom stereocenters. The van der Waals surface area contributed by atoms with Crippen molar-refractivity contribution in [1.82, 2.24) is 19.4 Å². The molecule has 1 aliphatic rings. The third-order valence-electron chi connectivity index (χ3n) is 6.63. The van der Waals surface area contributed by atoms with Gasteiger partial charge >= 0.3 is 0 Å². The van der Waals surface area contributed by atoms with E-state index >= 15 is 0 Å². The minimum absolute atomic E-state index is 0.0309. The fraction of sp³-hybridized carbons (Fsp3) is 0.172. The first-order valence-electron chi connectivity index (χ1n) is 12.3. The fourth-order valence-electron chi connectivity index (χ4n) is 4.55. The molecular formula is C29H24F3N5O2. The van der Waals surface area contributed by atoms with E-state index in [0.29, 0.717) is 24.5 Å². The molecule has 2 aromatic carbocycles. The second-order valence-electron chi connectivity index (χ2n) is 9.18. The van der Waals surface area contributed by atoms with E-state index < -0.39 is 23.4 Å². The van der Waals surface area contributed by atoms with Crippen molar-refractivity contribution in [3.8, 4) is 5.69 Å². The van der Waals surface area contributed by atoms with E-state index in [9.17, 15) is 22.8 Å². The average Bonchev–Trinajstić information content (AvgIpc) is 3.50. The van der Waals surface area contributed by atoms with Gasteiger partial charge in [0.2, 0.25) is 5.91 Å². The van der Waals surface area contributed by atoms with Crippen molar-refractivity contribution in [3.63, 3.8) is 0 Å². The van der Waals surface area contributed by atoms with Gasteiger partial charge in [0.05, 0.1) is 12.0 Å². The van der Waals surface area contributed by atoms with Crippen LogP contribution in [0.1, 0.15) is 40.4 Å². The van der Waals surface area contributed by atoms with E-state index in [4.69, 9.17) is 0 Å². The molecule has 1 aliphatic heterocycles. The fourth-order valence-corrected chi connectivity index (χ4v) is 4.55. The molecule has 2 aromatic heterocycles. The van der Waals surface area contributed by atoms with Crippen LogP contribution in [0.4, 0.5) is 18.9 Å². The SMILES string of the molecule is O=C(/C=C/c1cc(F)c(F)c(F)c1)Nc1ccc(C2CCN(C(=O)c3cc(-n4ccnc4)ccn3)CC2)cc1. The number of piperidine rings is 1. The number of nitrogens with one attached hydrogen (secondary N) is 1. The summed E-state index contributed by atoms with van der Waals surface area (Å²) in [5, 5.41) is 2.68. The first kappa shape index (κ1) is 25.9. The van der Waals surface area contributed by atoms with Crippen LogP contribution < -0.4 is 5.32 Å². The molecule has 198 valence electrons. The number of hydrogen-bond acceptors (Lipinski definition) is 4. The molecule has 10 heteroatoms. The number of hydrogen-bond donors (Lipinski definition) is 1. The van der Waals surface area contributed by atoms with Crippen LogP contribution in [0.3, 0.4) is 0 Å². The highest BCUT2D eigenvalue weighted by atomic mass is 19.2. The van der Waals surface area contributed by atoms with Gasteiger partial charge in [0, 0.05) is 43.4 Å². The molecule has 1 N–H and O–H groups in total. The quantitative estimate of drug-likeness (QED) is 0.269. The molecule has 7 nitrogen and oxygen atoms in total. The van der Waals surface area contributed by atoms with Gasteiger partial charge in [-0.1, -0.05) is 12.1 Å². The van der Waals surface area contributed by atoms with Crippen LogP contribution in [0.15, 0.2) is 79.5 Å². The summed E-state index contributed by atoms with van der Waals surface area (Å²) in [6.07, 6.45) is 10.7. The number of aromatic nitrogens is 3. The number of anilines is 1. The lowest BCUT2D eigenvalue weighted by Gasteiger charge is -2.32. The van der Waals surface area contributed by atoms with Crippen LogP contribution >= 0.6 is 0 Å². The summed E-state index contributed by atoms with van der Waals surface area (Å²) >= 11 is 0. The predicted molar refractivity (Wildman–Crippen MR) is 140 cm³/mol. The van der Waals surface area contributed by atoms with Crippen molar-refractivity contribution in [2.75, 3.05) is 18.4 Å². The summed E-state index contributed by atoms with van der Waals surface area (Å²) in [5.74, 6) is -4.53. The van der Waals surface area contributed by atoms with E-state index in [1.807, 2.05) is 27.7 Å². The van der Waals surface area contributed by atoms with Crippen molar-refractivity contribution in [3.05, 3.63) is 114 Å². The van der Waals surface area contributed by atoms with Crippen molar-refractivity contribution in [1.29, 1.82) is 0 Å². The second-order valence-corrected chi connectivity index (χ2v) is 9.18. The van der Waals surface area contributed by atoms with E-state index in [1.54, 1.807) is 43.1 Å². The zero-order valence-corrected chi connectivity index (χ0v) is 20.7. The van der Waals surface area contributed by atoms with Gasteiger partial charge in [-0.05, 0) is 72.4 Å². The zero-order chi connectivity index (χ0) is 27.4. The highest BCUT2D eigenvalue weighted by Gasteiger charge is 2.25. The summed E-state index contributed by atoms with van der Waals surface area (Å²) in [5.41, 5.74) is 2.91. The minimum atomic E-state index is -1.55. The van der Waals surface area contributed by atoms with Gasteiger partial charge in [-0.25, -0.2) is 18.2 Å². The Morgan fingerprint density at radius 1 is 0.949 bits per heavy atom. The molecular weight excluding hydrogens is 507 g/mol. The van der Waals surface area contributed by atoms with Gasteiger partial charge in [-0.3, -0.25) is 14.6 Å². The monoisotopic (exact) mass is 531 g/mol. The van der Waals surface area contributed by atoms with Crippen LogP contribution in [0, 0.1) is 17.5 Å². The zero-order valence-electron chi connectivity index (χ0n) is 20.7. The van der Waals surface area contributed by atoms with Crippen molar-refractivity contribution >= 4 is 23.6 Å². The summed E-state index contributed by atoms with van der Waals surface area (Å²) in [6, 6.07) is 12.6. The van der Waals surface area contributed by atoms with Gasteiger partial charge in [0.15, 0.2) is 17.5 Å². The largest absolute Gasteiger partial charge is 0.337 e. The number of rotatable bonds is 6. The molecule has 0 saturated carbocycles. The predicted octanol–water partition coefficient (Wildman–Crippen LogP) is 5.36. The van der Waals surface area contributed by atoms with Gasteiger partial charge in [-0.15, -0.1) is 0 Å². The average molecular weight is 532 g/mol. The van der Waals surface area contributed by atoms with Gasteiger partial charge < -0.3 is 14.8 Å². The maximum absolute atomic E-state index is 13.3. The maximum atomic E-state index is 13.3. The Bertz CT molecular complexity index is 1490. The Balaban J connectivity index is 1.14. The van der Waals surface area contributed by atoms with E-state index in [-0.39, 0.29) is 17.4 Å². The first-order chi connectivity index (χ1) is 18.9. The summed E-state index contributed by atoms with van der Waals surface area (Å²) in [7, 11) is 0. The standard InChI is InChI=1S/C29H24F3N5O2/c30-24-15-19(16-25(31)28(24)32)1-6-27(38)35-22-4-2-20(3-5-22)21-8-12-36(13-9-21)29(39)26-17-23(7-10-34-26)37-14-11-33-18-37/h1-7,10-11,14-18,21H,8-9,12-13H2,(H,35,38)/b6-1+. The number of pyridine rings is 1. The second kappa shape index (κ2) is 11.3. The number of imidazole rings is 1. The molecule has 0 aliphatic carbocycles. The Labute approximate surface area is 222 Å². The Morgan fingerprint density at radius 3 is 2.33 bits per heavy atom. The first-order valence-corrected chi connectivity index (χ1v) is 12.3. The van der Waals surface area contributed by atoms with Crippen LogP contribution in [-0.4, -0.2) is 44.3 Å². The van der Waals surface area contributed by atoms with E-state index in [2.05, 4.69) is 15.3 Å². The smallest absolute Gasteiger partial charge is 0.272 e. The number of nitrogens with zero attached hydrogens (tertiary/aromatic N) is 4. The van der Waals surface area contributed by atoms with Crippen molar-refractivity contribution in [2.45, 2.75) is 18.8 Å². The highest BCUT2D eigenvalue weighted by Crippen LogP contribution is 2.29. The summed E-state index contributed by atoms with van der Waals surface area (Å²) in [4.78, 5) is 35.4. The molecule has 0 radical (unpaired) electrons. The van der Waals surface area contributed by atoms with Gasteiger partial charge in [0.1, 0.15) is 5.69 Å². The molecule has 4 aromatic rings. The van der Waals surface area contributed by atoms with Crippen LogP contribution in [0.25, 0.3) is 11.8 Å². The molecule has 3 heterocycles. The molecule has 5 rings (SSSR count). The summed E-state index contributed by atoms with van der Waals surface area (Å²) in [6.45, 7) is 1.21. The third kappa shape index (κ3) is 6.06. The molecule has 0 spiro atoms. The Morgan fingerprint density at radius 2 is 1.67 bits per heavy atom. The van der Waals surface area contributed by atoms with Gasteiger partial charge in [0.25, 0.3) is 5.91 Å². The number of carbonyl (C=O) groups is 2.